The molecule has 2 amide bonds. The second-order valence-electron chi connectivity index (χ2n) is 6.52. The minimum Gasteiger partial charge on any atom is -0.477 e. The van der Waals surface area contributed by atoms with Crippen molar-refractivity contribution in [2.45, 2.75) is 26.2 Å². The van der Waals surface area contributed by atoms with Crippen LogP contribution in [0.2, 0.25) is 0 Å². The first-order valence-electron chi connectivity index (χ1n) is 8.84. The summed E-state index contributed by atoms with van der Waals surface area (Å²) >= 11 is 0. The first-order valence-corrected chi connectivity index (χ1v) is 8.84. The van der Waals surface area contributed by atoms with Gasteiger partial charge in [-0.3, -0.25) is 9.59 Å². The van der Waals surface area contributed by atoms with Crippen LogP contribution in [0.1, 0.15) is 35.7 Å². The highest BCUT2D eigenvalue weighted by molar-refractivity contribution is 5.93. The number of carbonyl (C=O) groups excluding carboxylic acids is 2. The molecule has 0 saturated heterocycles. The van der Waals surface area contributed by atoms with Crippen molar-refractivity contribution >= 4 is 17.5 Å². The van der Waals surface area contributed by atoms with Crippen LogP contribution in [0.25, 0.3) is 0 Å². The Bertz CT molecular complexity index is 753. The van der Waals surface area contributed by atoms with Gasteiger partial charge in [-0.15, -0.1) is 0 Å². The number of aromatic nitrogens is 1. The van der Waals surface area contributed by atoms with Crippen molar-refractivity contribution in [3.8, 4) is 5.88 Å². The molecule has 0 atom stereocenters. The molecule has 0 radical (unpaired) electrons. The Morgan fingerprint density at radius 3 is 2.54 bits per heavy atom. The molecule has 1 aliphatic rings. The van der Waals surface area contributed by atoms with Crippen LogP contribution in [0, 0.1) is 5.92 Å². The summed E-state index contributed by atoms with van der Waals surface area (Å²) in [7, 11) is 0. The number of amides is 2. The van der Waals surface area contributed by atoms with Crippen LogP contribution in [0.4, 0.5) is 5.69 Å². The summed E-state index contributed by atoms with van der Waals surface area (Å²) in [5, 5.41) is 5.61. The summed E-state index contributed by atoms with van der Waals surface area (Å²) in [6, 6.07) is 11.0. The topological polar surface area (TPSA) is 80.3 Å². The highest BCUT2D eigenvalue weighted by Gasteiger charge is 2.22. The average molecular weight is 353 g/mol. The van der Waals surface area contributed by atoms with Crippen molar-refractivity contribution in [3.05, 3.63) is 53.7 Å². The van der Waals surface area contributed by atoms with E-state index in [4.69, 9.17) is 4.74 Å². The van der Waals surface area contributed by atoms with Crippen LogP contribution in [-0.2, 0) is 11.2 Å². The molecule has 0 aliphatic heterocycles. The van der Waals surface area contributed by atoms with Gasteiger partial charge in [0.1, 0.15) is 0 Å². The van der Waals surface area contributed by atoms with Gasteiger partial charge < -0.3 is 15.4 Å². The lowest BCUT2D eigenvalue weighted by Crippen LogP contribution is -2.25. The van der Waals surface area contributed by atoms with Crippen molar-refractivity contribution < 1.29 is 14.3 Å². The number of pyridine rings is 1. The zero-order valence-electron chi connectivity index (χ0n) is 14.8. The number of nitrogens with one attached hydrogen (secondary N) is 2. The molecular formula is C20H23N3O3. The largest absolute Gasteiger partial charge is 0.477 e. The summed E-state index contributed by atoms with van der Waals surface area (Å²) < 4.78 is 5.57. The van der Waals surface area contributed by atoms with Gasteiger partial charge >= 0.3 is 0 Å². The molecule has 1 aromatic heterocycles. The van der Waals surface area contributed by atoms with E-state index in [1.807, 2.05) is 24.3 Å². The molecule has 2 N–H and O–H groups in total. The Balaban J connectivity index is 1.42. The predicted octanol–water partition coefficient (Wildman–Crippen LogP) is 2.80. The molecule has 0 spiro atoms. The minimum atomic E-state index is -0.152. The van der Waals surface area contributed by atoms with Gasteiger partial charge in [-0.05, 0) is 48.9 Å². The third-order valence-corrected chi connectivity index (χ3v) is 4.14. The van der Waals surface area contributed by atoms with Gasteiger partial charge in [-0.1, -0.05) is 12.1 Å². The highest BCUT2D eigenvalue weighted by atomic mass is 16.5. The Hall–Kier alpha value is -2.89. The number of hydrogen-bond donors (Lipinski definition) is 2. The molecule has 6 heteroatoms. The quantitative estimate of drug-likeness (QED) is 0.765. The second kappa shape index (κ2) is 8.47. The maximum Gasteiger partial charge on any atom is 0.252 e. The van der Waals surface area contributed by atoms with Crippen molar-refractivity contribution in [2.75, 3.05) is 18.5 Å². The SMILES string of the molecule is CC(=O)Nc1ccc(CCNC(=O)c2ccc(OCC3CC3)nc2)cc1. The number of nitrogens with zero attached hydrogens (tertiary/aromatic N) is 1. The molecule has 1 aliphatic carbocycles. The fourth-order valence-electron chi connectivity index (χ4n) is 2.47. The molecule has 136 valence electrons. The van der Waals surface area contributed by atoms with Gasteiger partial charge in [0.2, 0.25) is 11.8 Å². The summed E-state index contributed by atoms with van der Waals surface area (Å²) in [5.74, 6) is 0.989. The number of rotatable bonds is 8. The number of carbonyl (C=O) groups is 2. The molecular weight excluding hydrogens is 330 g/mol. The van der Waals surface area contributed by atoms with Crippen molar-refractivity contribution in [3.63, 3.8) is 0 Å². The van der Waals surface area contributed by atoms with Crippen LogP contribution in [0.15, 0.2) is 42.6 Å². The molecule has 6 nitrogen and oxygen atoms in total. The molecule has 2 aromatic rings. The lowest BCUT2D eigenvalue weighted by molar-refractivity contribution is -0.114. The zero-order chi connectivity index (χ0) is 18.4. The molecule has 3 rings (SSSR count). The molecule has 26 heavy (non-hydrogen) atoms. The first-order chi connectivity index (χ1) is 12.6. The number of benzene rings is 1. The fraction of sp³-hybridized carbons (Fsp3) is 0.350. The third kappa shape index (κ3) is 5.58. The van der Waals surface area contributed by atoms with Crippen LogP contribution in [-0.4, -0.2) is 29.9 Å². The minimum absolute atomic E-state index is 0.0948. The Labute approximate surface area is 153 Å². The molecule has 1 heterocycles. The van der Waals surface area contributed by atoms with Gasteiger partial charge in [0, 0.05) is 31.4 Å². The predicted molar refractivity (Wildman–Crippen MR) is 99.2 cm³/mol. The van der Waals surface area contributed by atoms with Crippen LogP contribution < -0.4 is 15.4 Å². The smallest absolute Gasteiger partial charge is 0.252 e. The summed E-state index contributed by atoms with van der Waals surface area (Å²) in [5.41, 5.74) is 2.37. The summed E-state index contributed by atoms with van der Waals surface area (Å²) in [4.78, 5) is 27.3. The van der Waals surface area contributed by atoms with E-state index < -0.39 is 0 Å². The fourth-order valence-corrected chi connectivity index (χ4v) is 2.47. The Kier molecular flexibility index (Phi) is 5.84. The number of ether oxygens (including phenoxy) is 1. The average Bonchev–Trinajstić information content (AvgIpc) is 3.46. The lowest BCUT2D eigenvalue weighted by Gasteiger charge is -2.08. The molecule has 0 bridgehead atoms. The highest BCUT2D eigenvalue weighted by Crippen LogP contribution is 2.29. The molecule has 1 aromatic carbocycles. The number of hydrogen-bond acceptors (Lipinski definition) is 4. The van der Waals surface area contributed by atoms with Crippen LogP contribution in [0.3, 0.4) is 0 Å². The van der Waals surface area contributed by atoms with E-state index in [-0.39, 0.29) is 11.8 Å². The van der Waals surface area contributed by atoms with Crippen molar-refractivity contribution in [1.29, 1.82) is 0 Å². The van der Waals surface area contributed by atoms with Gasteiger partial charge in [0.05, 0.1) is 12.2 Å². The molecule has 1 saturated carbocycles. The normalized spacial score (nSPS) is 13.1. The van der Waals surface area contributed by atoms with Gasteiger partial charge in [0.15, 0.2) is 0 Å². The molecule has 1 fully saturated rings. The Morgan fingerprint density at radius 2 is 1.92 bits per heavy atom. The number of anilines is 1. The monoisotopic (exact) mass is 353 g/mol. The summed E-state index contributed by atoms with van der Waals surface area (Å²) in [6.07, 6.45) is 4.72. The standard InChI is InChI=1S/C20H23N3O3/c1-14(24)23-18-7-4-15(5-8-18)10-11-21-20(25)17-6-9-19(22-12-17)26-13-16-2-3-16/h4-9,12,16H,2-3,10-11,13H2,1H3,(H,21,25)(H,23,24). The first kappa shape index (κ1) is 17.9. The van der Waals surface area contributed by atoms with E-state index in [1.54, 1.807) is 18.3 Å². The lowest BCUT2D eigenvalue weighted by atomic mass is 10.1. The van der Waals surface area contributed by atoms with E-state index in [0.29, 0.717) is 36.9 Å². The van der Waals surface area contributed by atoms with E-state index in [9.17, 15) is 9.59 Å². The van der Waals surface area contributed by atoms with E-state index in [0.717, 1.165) is 11.3 Å². The van der Waals surface area contributed by atoms with Gasteiger partial charge in [0.25, 0.3) is 5.91 Å². The molecule has 0 unspecified atom stereocenters. The third-order valence-electron chi connectivity index (χ3n) is 4.14. The van der Waals surface area contributed by atoms with Gasteiger partial charge in [-0.2, -0.15) is 0 Å². The Morgan fingerprint density at radius 1 is 1.15 bits per heavy atom. The summed E-state index contributed by atoms with van der Waals surface area (Å²) in [6.45, 7) is 2.71. The second-order valence-corrected chi connectivity index (χ2v) is 6.52. The zero-order valence-corrected chi connectivity index (χ0v) is 14.8. The maximum absolute atomic E-state index is 12.2. The van der Waals surface area contributed by atoms with Crippen molar-refractivity contribution in [2.24, 2.45) is 5.92 Å². The van der Waals surface area contributed by atoms with Crippen LogP contribution in [0.5, 0.6) is 5.88 Å². The van der Waals surface area contributed by atoms with E-state index in [1.165, 1.54) is 19.8 Å². The van der Waals surface area contributed by atoms with Crippen LogP contribution >= 0.6 is 0 Å². The van der Waals surface area contributed by atoms with E-state index >= 15 is 0 Å². The van der Waals surface area contributed by atoms with Crippen molar-refractivity contribution in [1.82, 2.24) is 10.3 Å². The van der Waals surface area contributed by atoms with E-state index in [2.05, 4.69) is 15.6 Å². The maximum atomic E-state index is 12.2. The van der Waals surface area contributed by atoms with Gasteiger partial charge in [-0.25, -0.2) is 4.98 Å².